The average Bonchev–Trinajstić information content (AvgIpc) is 2.82. The van der Waals surface area contributed by atoms with Gasteiger partial charge in [-0.2, -0.15) is 0 Å². The van der Waals surface area contributed by atoms with E-state index in [2.05, 4.69) is 12.2 Å². The maximum absolute atomic E-state index is 5.61. The van der Waals surface area contributed by atoms with Crippen molar-refractivity contribution in [1.29, 1.82) is 0 Å². The van der Waals surface area contributed by atoms with Crippen molar-refractivity contribution in [3.8, 4) is 11.1 Å². The molecule has 0 radical (unpaired) electrons. The van der Waals surface area contributed by atoms with Crippen LogP contribution in [0.15, 0.2) is 60.7 Å². The van der Waals surface area contributed by atoms with Gasteiger partial charge < -0.3 is 11.5 Å². The molecule has 0 saturated heterocycles. The first-order chi connectivity index (χ1) is 10.3. The van der Waals surface area contributed by atoms with Crippen LogP contribution in [0.3, 0.4) is 0 Å². The van der Waals surface area contributed by atoms with Crippen LogP contribution in [-0.4, -0.2) is 0 Å². The molecule has 1 aliphatic rings. The molecule has 2 aromatic carbocycles. The summed E-state index contributed by atoms with van der Waals surface area (Å²) >= 11 is 0. The van der Waals surface area contributed by atoms with Gasteiger partial charge in [0.1, 0.15) is 0 Å². The molecule has 2 nitrogen and oxygen atoms in total. The summed E-state index contributed by atoms with van der Waals surface area (Å²) in [7, 11) is 0. The molecule has 0 amide bonds. The minimum atomic E-state index is 0.782. The summed E-state index contributed by atoms with van der Waals surface area (Å²) in [4.78, 5) is 0. The van der Waals surface area contributed by atoms with Gasteiger partial charge in [0.2, 0.25) is 0 Å². The van der Waals surface area contributed by atoms with Crippen molar-refractivity contribution < 1.29 is 0 Å². The molecule has 110 valence electrons. The summed E-state index contributed by atoms with van der Waals surface area (Å²) in [5.74, 6) is 0. The van der Waals surface area contributed by atoms with Crippen molar-refractivity contribution in [2.24, 2.45) is 0 Å². The molecule has 1 aliphatic carbocycles. The van der Waals surface area contributed by atoms with Crippen LogP contribution in [0.1, 0.15) is 32.1 Å². The molecule has 0 aromatic heterocycles. The normalized spacial score (nSPS) is 13.9. The van der Waals surface area contributed by atoms with Crippen molar-refractivity contribution >= 4 is 11.4 Å². The zero-order chi connectivity index (χ0) is 14.9. The standard InChI is InChI=1S/C12H12N2.C7H12/c13-11-5-1-9(2-6-11)10-3-7-12(14)8-4-10;1-2-4-6-7-5-3-1/h1-8H,13-14H2;1-2H,3-7H2. The Morgan fingerprint density at radius 2 is 0.905 bits per heavy atom. The average molecular weight is 280 g/mol. The highest BCUT2D eigenvalue weighted by molar-refractivity contribution is 5.67. The van der Waals surface area contributed by atoms with E-state index in [9.17, 15) is 0 Å². The second-order valence-corrected chi connectivity index (χ2v) is 5.35. The monoisotopic (exact) mass is 280 g/mol. The lowest BCUT2D eigenvalue weighted by Gasteiger charge is -2.02. The minimum absolute atomic E-state index is 0.782. The molecule has 0 bridgehead atoms. The molecule has 0 spiro atoms. The van der Waals surface area contributed by atoms with Crippen molar-refractivity contribution in [2.45, 2.75) is 32.1 Å². The molecule has 0 unspecified atom stereocenters. The summed E-state index contributed by atoms with van der Waals surface area (Å²) in [5.41, 5.74) is 15.1. The van der Waals surface area contributed by atoms with E-state index in [4.69, 9.17) is 11.5 Å². The van der Waals surface area contributed by atoms with E-state index in [0.29, 0.717) is 0 Å². The van der Waals surface area contributed by atoms with Crippen LogP contribution >= 0.6 is 0 Å². The lowest BCUT2D eigenvalue weighted by molar-refractivity contribution is 0.718. The third-order valence-corrected chi connectivity index (χ3v) is 3.56. The number of hydrogen-bond acceptors (Lipinski definition) is 2. The Hall–Kier alpha value is -2.22. The number of nitrogens with two attached hydrogens (primary N) is 2. The van der Waals surface area contributed by atoms with Crippen LogP contribution in [0.25, 0.3) is 11.1 Å². The number of benzene rings is 2. The van der Waals surface area contributed by atoms with E-state index in [1.165, 1.54) is 32.1 Å². The molecule has 2 heteroatoms. The molecule has 0 heterocycles. The first-order valence-electron chi connectivity index (χ1n) is 7.62. The summed E-state index contributed by atoms with van der Waals surface area (Å²) in [6.07, 6.45) is 11.5. The predicted octanol–water partition coefficient (Wildman–Crippen LogP) is 5.02. The Kier molecular flexibility index (Phi) is 5.89. The molecule has 0 saturated carbocycles. The van der Waals surface area contributed by atoms with Gasteiger partial charge in [0.25, 0.3) is 0 Å². The van der Waals surface area contributed by atoms with Gasteiger partial charge in [-0.05, 0) is 61.1 Å². The van der Waals surface area contributed by atoms with Crippen LogP contribution in [0.4, 0.5) is 11.4 Å². The molecule has 0 atom stereocenters. The Morgan fingerprint density at radius 3 is 1.29 bits per heavy atom. The molecular weight excluding hydrogens is 256 g/mol. The second-order valence-electron chi connectivity index (χ2n) is 5.35. The Balaban J connectivity index is 0.000000194. The number of hydrogen-bond donors (Lipinski definition) is 2. The van der Waals surface area contributed by atoms with Gasteiger partial charge in [0, 0.05) is 11.4 Å². The molecule has 3 rings (SSSR count). The SMILES string of the molecule is C1=CCCCCC1.Nc1ccc(-c2ccc(N)cc2)cc1. The van der Waals surface area contributed by atoms with E-state index >= 15 is 0 Å². The first-order valence-corrected chi connectivity index (χ1v) is 7.62. The molecule has 4 N–H and O–H groups in total. The Bertz CT molecular complexity index is 502. The lowest BCUT2D eigenvalue weighted by Crippen LogP contribution is -1.85. The van der Waals surface area contributed by atoms with Crippen molar-refractivity contribution in [3.05, 3.63) is 60.7 Å². The number of nitrogen functional groups attached to an aromatic ring is 2. The summed E-state index contributed by atoms with van der Waals surface area (Å²) in [6.45, 7) is 0. The smallest absolute Gasteiger partial charge is 0.0314 e. The van der Waals surface area contributed by atoms with Crippen molar-refractivity contribution in [3.63, 3.8) is 0 Å². The quantitative estimate of drug-likeness (QED) is 0.569. The highest BCUT2D eigenvalue weighted by atomic mass is 14.5. The number of allylic oxidation sites excluding steroid dienone is 2. The van der Waals surface area contributed by atoms with Gasteiger partial charge in [-0.1, -0.05) is 42.8 Å². The van der Waals surface area contributed by atoms with E-state index in [1.54, 1.807) is 0 Å². The van der Waals surface area contributed by atoms with Gasteiger partial charge in [0.05, 0.1) is 0 Å². The minimum Gasteiger partial charge on any atom is -0.399 e. The van der Waals surface area contributed by atoms with E-state index in [0.717, 1.165) is 22.5 Å². The number of rotatable bonds is 1. The van der Waals surface area contributed by atoms with Crippen molar-refractivity contribution in [2.75, 3.05) is 11.5 Å². The molecule has 21 heavy (non-hydrogen) atoms. The fourth-order valence-corrected chi connectivity index (χ4v) is 2.29. The third-order valence-electron chi connectivity index (χ3n) is 3.56. The Labute approximate surface area is 127 Å². The Morgan fingerprint density at radius 1 is 0.524 bits per heavy atom. The topological polar surface area (TPSA) is 52.0 Å². The molecule has 2 aromatic rings. The van der Waals surface area contributed by atoms with Gasteiger partial charge >= 0.3 is 0 Å². The highest BCUT2D eigenvalue weighted by Gasteiger charge is 1.95. The van der Waals surface area contributed by atoms with Gasteiger partial charge in [-0.25, -0.2) is 0 Å². The summed E-state index contributed by atoms with van der Waals surface area (Å²) < 4.78 is 0. The van der Waals surface area contributed by atoms with Crippen LogP contribution in [0.5, 0.6) is 0 Å². The largest absolute Gasteiger partial charge is 0.399 e. The van der Waals surface area contributed by atoms with Crippen molar-refractivity contribution in [1.82, 2.24) is 0 Å². The molecule has 0 aliphatic heterocycles. The number of anilines is 2. The van der Waals surface area contributed by atoms with Crippen LogP contribution < -0.4 is 11.5 Å². The van der Waals surface area contributed by atoms with Crippen LogP contribution in [0, 0.1) is 0 Å². The highest BCUT2D eigenvalue weighted by Crippen LogP contribution is 2.21. The van der Waals surface area contributed by atoms with E-state index in [1.807, 2.05) is 48.5 Å². The zero-order valence-corrected chi connectivity index (χ0v) is 12.5. The van der Waals surface area contributed by atoms with Gasteiger partial charge in [0.15, 0.2) is 0 Å². The fraction of sp³-hybridized carbons (Fsp3) is 0.263. The maximum atomic E-state index is 5.61. The predicted molar refractivity (Wildman–Crippen MR) is 92.9 cm³/mol. The fourth-order valence-electron chi connectivity index (χ4n) is 2.29. The lowest BCUT2D eigenvalue weighted by atomic mass is 10.1. The molecule has 0 fully saturated rings. The van der Waals surface area contributed by atoms with E-state index < -0.39 is 0 Å². The third kappa shape index (κ3) is 5.35. The molecular formula is C19H24N2. The van der Waals surface area contributed by atoms with Crippen LogP contribution in [0.2, 0.25) is 0 Å². The van der Waals surface area contributed by atoms with Crippen LogP contribution in [-0.2, 0) is 0 Å². The first kappa shape index (κ1) is 15.2. The second kappa shape index (κ2) is 8.15. The van der Waals surface area contributed by atoms with Gasteiger partial charge in [-0.3, -0.25) is 0 Å². The van der Waals surface area contributed by atoms with E-state index in [-0.39, 0.29) is 0 Å². The maximum Gasteiger partial charge on any atom is 0.0314 e. The summed E-state index contributed by atoms with van der Waals surface area (Å²) in [5, 5.41) is 0. The van der Waals surface area contributed by atoms with Gasteiger partial charge in [-0.15, -0.1) is 0 Å². The zero-order valence-electron chi connectivity index (χ0n) is 12.5. The summed E-state index contributed by atoms with van der Waals surface area (Å²) in [6, 6.07) is 15.6.